The third-order valence-electron chi connectivity index (χ3n) is 5.19. The molecule has 3 heterocycles. The zero-order valence-corrected chi connectivity index (χ0v) is 18.4. The molecule has 1 aliphatic heterocycles. The highest BCUT2D eigenvalue weighted by Gasteiger charge is 2.22. The number of aryl methyl sites for hydroxylation is 2. The minimum absolute atomic E-state index is 0.130. The lowest BCUT2D eigenvalue weighted by molar-refractivity contribution is 0.261. The van der Waals surface area contributed by atoms with Crippen LogP contribution in [0.1, 0.15) is 46.5 Å². The Bertz CT molecular complexity index is 1030. The lowest BCUT2D eigenvalue weighted by atomic mass is 10.0. The molecule has 0 spiro atoms. The molecule has 0 bridgehead atoms. The molecule has 0 aliphatic carbocycles. The first-order chi connectivity index (χ1) is 14.6. The van der Waals surface area contributed by atoms with Crippen molar-refractivity contribution in [1.82, 2.24) is 30.4 Å². The van der Waals surface area contributed by atoms with E-state index in [1.165, 1.54) is 4.88 Å². The highest BCUT2D eigenvalue weighted by atomic mass is 32.1. The van der Waals surface area contributed by atoms with Crippen LogP contribution < -0.4 is 15.4 Å². The summed E-state index contributed by atoms with van der Waals surface area (Å²) in [5, 5.41) is 16.4. The largest absolute Gasteiger partial charge is 0.493 e. The lowest BCUT2D eigenvalue weighted by Gasteiger charge is -2.28. The van der Waals surface area contributed by atoms with Gasteiger partial charge in [-0.3, -0.25) is 0 Å². The minimum atomic E-state index is 0.130. The van der Waals surface area contributed by atoms with E-state index in [2.05, 4.69) is 38.8 Å². The molecule has 1 aliphatic rings. The Kier molecular flexibility index (Phi) is 6.27. The van der Waals surface area contributed by atoms with E-state index in [1.54, 1.807) is 11.3 Å². The number of ether oxygens (including phenoxy) is 1. The van der Waals surface area contributed by atoms with Gasteiger partial charge < -0.3 is 19.9 Å². The molecule has 0 saturated heterocycles. The molecule has 9 heteroatoms. The predicted octanol–water partition coefficient (Wildman–Crippen LogP) is 2.90. The standard InChI is InChI=1S/C21H27N7OS/c1-4-15-11-22-20(30-15)13-24-21(23-12-19-27-26-14(2)28(19)3)25-17-9-10-29-18-8-6-5-7-16(17)18/h5-8,11,17H,4,9-10,12-13H2,1-3H3,(H2,23,24,25). The van der Waals surface area contributed by atoms with Gasteiger partial charge in [-0.2, -0.15) is 0 Å². The summed E-state index contributed by atoms with van der Waals surface area (Å²) in [6, 6.07) is 8.28. The summed E-state index contributed by atoms with van der Waals surface area (Å²) >= 11 is 1.73. The Labute approximate surface area is 180 Å². The summed E-state index contributed by atoms with van der Waals surface area (Å²) in [5.74, 6) is 3.35. The number of aliphatic imine (C=N–C) groups is 1. The predicted molar refractivity (Wildman–Crippen MR) is 118 cm³/mol. The van der Waals surface area contributed by atoms with Crippen molar-refractivity contribution in [2.24, 2.45) is 12.0 Å². The van der Waals surface area contributed by atoms with E-state index in [9.17, 15) is 0 Å². The first-order valence-corrected chi connectivity index (χ1v) is 11.0. The van der Waals surface area contributed by atoms with Gasteiger partial charge in [0.05, 0.1) is 19.2 Å². The average molecular weight is 426 g/mol. The minimum Gasteiger partial charge on any atom is -0.493 e. The Morgan fingerprint density at radius 2 is 2.20 bits per heavy atom. The van der Waals surface area contributed by atoms with Gasteiger partial charge >= 0.3 is 0 Å². The van der Waals surface area contributed by atoms with Gasteiger partial charge in [-0.25, -0.2) is 9.98 Å². The molecule has 3 aromatic rings. The number of benzene rings is 1. The smallest absolute Gasteiger partial charge is 0.192 e. The van der Waals surface area contributed by atoms with E-state index in [0.717, 1.165) is 46.8 Å². The molecular formula is C21H27N7OS. The fraction of sp³-hybridized carbons (Fsp3) is 0.429. The first kappa shape index (κ1) is 20.3. The highest BCUT2D eigenvalue weighted by Crippen LogP contribution is 2.31. The average Bonchev–Trinajstić information content (AvgIpc) is 3.37. The number of hydrogen-bond acceptors (Lipinski definition) is 6. The van der Waals surface area contributed by atoms with Crippen molar-refractivity contribution < 1.29 is 4.74 Å². The summed E-state index contributed by atoms with van der Waals surface area (Å²) in [5.41, 5.74) is 1.15. The molecule has 0 saturated carbocycles. The van der Waals surface area contributed by atoms with Crippen LogP contribution in [0.2, 0.25) is 0 Å². The van der Waals surface area contributed by atoms with E-state index < -0.39 is 0 Å². The number of nitrogens with one attached hydrogen (secondary N) is 2. The Morgan fingerprint density at radius 1 is 1.33 bits per heavy atom. The monoisotopic (exact) mass is 425 g/mol. The van der Waals surface area contributed by atoms with Gasteiger partial charge in [0.25, 0.3) is 0 Å². The highest BCUT2D eigenvalue weighted by molar-refractivity contribution is 7.11. The second kappa shape index (κ2) is 9.25. The normalized spacial score (nSPS) is 16.1. The van der Waals surface area contributed by atoms with Crippen molar-refractivity contribution in [1.29, 1.82) is 0 Å². The summed E-state index contributed by atoms with van der Waals surface area (Å²) in [6.45, 7) is 5.82. The molecule has 0 radical (unpaired) electrons. The third kappa shape index (κ3) is 4.62. The maximum absolute atomic E-state index is 5.80. The van der Waals surface area contributed by atoms with Crippen molar-refractivity contribution >= 4 is 17.3 Å². The van der Waals surface area contributed by atoms with Crippen LogP contribution in [0.5, 0.6) is 5.75 Å². The number of guanidine groups is 1. The molecule has 30 heavy (non-hydrogen) atoms. The summed E-state index contributed by atoms with van der Waals surface area (Å²) < 4.78 is 7.75. The quantitative estimate of drug-likeness (QED) is 0.466. The van der Waals surface area contributed by atoms with Crippen molar-refractivity contribution in [2.75, 3.05) is 6.61 Å². The van der Waals surface area contributed by atoms with E-state index in [-0.39, 0.29) is 6.04 Å². The van der Waals surface area contributed by atoms with Crippen LogP contribution >= 0.6 is 11.3 Å². The molecule has 0 fully saturated rings. The summed E-state index contributed by atoms with van der Waals surface area (Å²) in [4.78, 5) is 10.6. The van der Waals surface area contributed by atoms with Gasteiger partial charge in [0.2, 0.25) is 0 Å². The van der Waals surface area contributed by atoms with Crippen LogP contribution in [0.3, 0.4) is 0 Å². The van der Waals surface area contributed by atoms with Gasteiger partial charge in [-0.1, -0.05) is 25.1 Å². The fourth-order valence-electron chi connectivity index (χ4n) is 3.30. The number of para-hydroxylation sites is 1. The van der Waals surface area contributed by atoms with Crippen molar-refractivity contribution in [3.63, 3.8) is 0 Å². The zero-order valence-electron chi connectivity index (χ0n) is 17.6. The third-order valence-corrected chi connectivity index (χ3v) is 6.33. The first-order valence-electron chi connectivity index (χ1n) is 10.2. The maximum atomic E-state index is 5.80. The molecule has 4 rings (SSSR count). The summed E-state index contributed by atoms with van der Waals surface area (Å²) in [7, 11) is 1.96. The zero-order chi connectivity index (χ0) is 20.9. The van der Waals surface area contributed by atoms with Crippen LogP contribution in [-0.4, -0.2) is 32.3 Å². The molecule has 158 valence electrons. The second-order valence-electron chi connectivity index (χ2n) is 7.19. The second-order valence-corrected chi connectivity index (χ2v) is 8.39. The van der Waals surface area contributed by atoms with Gasteiger partial charge in [0, 0.05) is 30.1 Å². The van der Waals surface area contributed by atoms with Gasteiger partial charge in [0.15, 0.2) is 11.8 Å². The number of fused-ring (bicyclic) bond motifs is 1. The fourth-order valence-corrected chi connectivity index (χ4v) is 4.10. The van der Waals surface area contributed by atoms with Crippen molar-refractivity contribution in [3.05, 3.63) is 57.6 Å². The molecule has 2 aromatic heterocycles. The van der Waals surface area contributed by atoms with E-state index in [1.807, 2.05) is 42.9 Å². The van der Waals surface area contributed by atoms with Crippen LogP contribution in [0.15, 0.2) is 35.5 Å². The van der Waals surface area contributed by atoms with Crippen LogP contribution in [0.25, 0.3) is 0 Å². The molecule has 2 N–H and O–H groups in total. The van der Waals surface area contributed by atoms with Gasteiger partial charge in [0.1, 0.15) is 23.1 Å². The molecule has 1 aromatic carbocycles. The SMILES string of the molecule is CCc1cnc(CNC(=NCc2nnc(C)n2C)NC2CCOc3ccccc32)s1. The Morgan fingerprint density at radius 3 is 2.97 bits per heavy atom. The van der Waals surface area contributed by atoms with E-state index in [4.69, 9.17) is 9.73 Å². The lowest BCUT2D eigenvalue weighted by Crippen LogP contribution is -2.40. The van der Waals surface area contributed by atoms with Crippen LogP contribution in [-0.2, 0) is 26.6 Å². The number of thiazole rings is 1. The maximum Gasteiger partial charge on any atom is 0.192 e. The van der Waals surface area contributed by atoms with Gasteiger partial charge in [-0.15, -0.1) is 21.5 Å². The van der Waals surface area contributed by atoms with Gasteiger partial charge in [-0.05, 0) is 19.4 Å². The summed E-state index contributed by atoms with van der Waals surface area (Å²) in [6.07, 6.45) is 3.82. The Balaban J connectivity index is 1.52. The van der Waals surface area contributed by atoms with Crippen molar-refractivity contribution in [2.45, 2.75) is 45.8 Å². The number of rotatable bonds is 6. The number of hydrogen-bond donors (Lipinski definition) is 2. The van der Waals surface area contributed by atoms with E-state index >= 15 is 0 Å². The van der Waals surface area contributed by atoms with Crippen molar-refractivity contribution in [3.8, 4) is 5.75 Å². The topological polar surface area (TPSA) is 89.3 Å². The van der Waals surface area contributed by atoms with Crippen LogP contribution in [0, 0.1) is 6.92 Å². The molecular weight excluding hydrogens is 398 g/mol. The molecule has 1 atom stereocenters. The van der Waals surface area contributed by atoms with E-state index in [0.29, 0.717) is 19.7 Å². The number of aromatic nitrogens is 4. The van der Waals surface area contributed by atoms with Crippen LogP contribution in [0.4, 0.5) is 0 Å². The Hall–Kier alpha value is -2.94. The molecule has 8 nitrogen and oxygen atoms in total. The molecule has 0 amide bonds. The molecule has 1 unspecified atom stereocenters. The number of nitrogens with zero attached hydrogens (tertiary/aromatic N) is 5.